The molecule has 0 amide bonds. The first-order valence-corrected chi connectivity index (χ1v) is 5.03. The lowest BCUT2D eigenvalue weighted by atomic mass is 10.4. The van der Waals surface area contributed by atoms with Crippen LogP contribution in [0.25, 0.3) is 0 Å². The van der Waals surface area contributed by atoms with Crippen LogP contribution in [0.3, 0.4) is 0 Å². The molecule has 0 aliphatic heterocycles. The number of aliphatic hydroxyl groups excluding tert-OH is 2. The van der Waals surface area contributed by atoms with Gasteiger partial charge in [-0.2, -0.15) is 0 Å². The Morgan fingerprint density at radius 2 is 2.33 bits per heavy atom. The summed E-state index contributed by atoms with van der Waals surface area (Å²) >= 11 is 2.59. The molecule has 0 saturated heterocycles. The molecule has 1 atom stereocenters. The maximum Gasteiger partial charge on any atom is 0.203 e. The van der Waals surface area contributed by atoms with E-state index in [0.717, 1.165) is 0 Å². The summed E-state index contributed by atoms with van der Waals surface area (Å²) in [6, 6.07) is 0. The number of nitrogens with two attached hydrogens (primary N) is 1. The Morgan fingerprint density at radius 3 is 2.83 bits per heavy atom. The van der Waals surface area contributed by atoms with Crippen LogP contribution in [-0.4, -0.2) is 38.9 Å². The van der Waals surface area contributed by atoms with Crippen LogP contribution >= 0.6 is 23.1 Å². The molecule has 1 aromatic rings. The van der Waals surface area contributed by atoms with Crippen LogP contribution in [0.4, 0.5) is 5.13 Å². The molecule has 0 spiro atoms. The van der Waals surface area contributed by atoms with E-state index >= 15 is 0 Å². The maximum atomic E-state index is 8.98. The number of aromatic nitrogens is 2. The molecular formula is C5H9N3O2S2. The smallest absolute Gasteiger partial charge is 0.203 e. The van der Waals surface area contributed by atoms with E-state index in [1.165, 1.54) is 23.1 Å². The molecule has 0 aliphatic rings. The first kappa shape index (κ1) is 9.72. The third-order valence-electron chi connectivity index (χ3n) is 1.03. The van der Waals surface area contributed by atoms with Gasteiger partial charge in [0.2, 0.25) is 5.13 Å². The molecule has 0 bridgehead atoms. The summed E-state index contributed by atoms with van der Waals surface area (Å²) in [5, 5.41) is 25.2. The molecule has 1 heterocycles. The summed E-state index contributed by atoms with van der Waals surface area (Å²) in [6.45, 7) is -0.235. The summed E-state index contributed by atoms with van der Waals surface area (Å²) in [5.74, 6) is 0.408. The summed E-state index contributed by atoms with van der Waals surface area (Å²) < 4.78 is 0.708. The normalized spacial score (nSPS) is 13.2. The quantitative estimate of drug-likeness (QED) is 0.580. The number of anilines is 1. The van der Waals surface area contributed by atoms with Gasteiger partial charge >= 0.3 is 0 Å². The van der Waals surface area contributed by atoms with Crippen molar-refractivity contribution < 1.29 is 10.2 Å². The zero-order valence-electron chi connectivity index (χ0n) is 6.17. The second-order valence-electron chi connectivity index (χ2n) is 2.05. The van der Waals surface area contributed by atoms with Gasteiger partial charge in [-0.05, 0) is 0 Å². The van der Waals surface area contributed by atoms with E-state index in [4.69, 9.17) is 15.9 Å². The molecule has 0 unspecified atom stereocenters. The molecule has 0 radical (unpaired) electrons. The van der Waals surface area contributed by atoms with Gasteiger partial charge in [0.25, 0.3) is 0 Å². The Kier molecular flexibility index (Phi) is 3.73. The van der Waals surface area contributed by atoms with E-state index in [1.807, 2.05) is 0 Å². The summed E-state index contributed by atoms with van der Waals surface area (Å²) in [7, 11) is 0. The summed E-state index contributed by atoms with van der Waals surface area (Å²) in [6.07, 6.45) is -0.708. The van der Waals surface area contributed by atoms with Gasteiger partial charge in [0.1, 0.15) is 0 Å². The Morgan fingerprint density at radius 1 is 1.58 bits per heavy atom. The van der Waals surface area contributed by atoms with Crippen molar-refractivity contribution in [2.75, 3.05) is 18.1 Å². The van der Waals surface area contributed by atoms with Gasteiger partial charge in [0.05, 0.1) is 12.7 Å². The van der Waals surface area contributed by atoms with Crippen molar-refractivity contribution in [3.05, 3.63) is 0 Å². The van der Waals surface area contributed by atoms with Crippen LogP contribution < -0.4 is 5.73 Å². The fourth-order valence-electron chi connectivity index (χ4n) is 0.499. The Bertz CT molecular complexity index is 242. The van der Waals surface area contributed by atoms with E-state index in [-0.39, 0.29) is 6.61 Å². The first-order valence-electron chi connectivity index (χ1n) is 3.23. The van der Waals surface area contributed by atoms with Crippen molar-refractivity contribution in [2.24, 2.45) is 0 Å². The summed E-state index contributed by atoms with van der Waals surface area (Å²) in [5.41, 5.74) is 5.34. The second-order valence-corrected chi connectivity index (χ2v) is 4.33. The number of nitrogen functional groups attached to an aromatic ring is 1. The van der Waals surface area contributed by atoms with Gasteiger partial charge in [-0.3, -0.25) is 0 Å². The van der Waals surface area contributed by atoms with Gasteiger partial charge in [-0.15, -0.1) is 10.2 Å². The molecule has 0 aromatic carbocycles. The molecule has 5 nitrogen and oxygen atoms in total. The predicted octanol–water partition coefficient (Wildman–Crippen LogP) is -0.434. The summed E-state index contributed by atoms with van der Waals surface area (Å²) in [4.78, 5) is 0. The molecule has 1 aromatic heterocycles. The highest BCUT2D eigenvalue weighted by molar-refractivity contribution is 8.01. The predicted molar refractivity (Wildman–Crippen MR) is 48.1 cm³/mol. The van der Waals surface area contributed by atoms with Crippen LogP contribution in [0, 0.1) is 0 Å². The minimum Gasteiger partial charge on any atom is -0.394 e. The molecule has 68 valence electrons. The highest BCUT2D eigenvalue weighted by Crippen LogP contribution is 2.23. The van der Waals surface area contributed by atoms with Crippen LogP contribution in [0.15, 0.2) is 4.34 Å². The average Bonchev–Trinajstić information content (AvgIpc) is 2.47. The third-order valence-corrected chi connectivity index (χ3v) is 3.06. The number of nitrogens with zero attached hydrogens (tertiary/aromatic N) is 2. The largest absolute Gasteiger partial charge is 0.394 e. The van der Waals surface area contributed by atoms with Crippen LogP contribution in [0.5, 0.6) is 0 Å². The van der Waals surface area contributed by atoms with E-state index in [0.29, 0.717) is 15.2 Å². The van der Waals surface area contributed by atoms with Crippen molar-refractivity contribution in [3.63, 3.8) is 0 Å². The van der Waals surface area contributed by atoms with Crippen molar-refractivity contribution in [2.45, 2.75) is 10.4 Å². The van der Waals surface area contributed by atoms with Crippen molar-refractivity contribution in [3.8, 4) is 0 Å². The topological polar surface area (TPSA) is 92.3 Å². The molecule has 0 fully saturated rings. The first-order chi connectivity index (χ1) is 5.72. The number of hydrogen-bond acceptors (Lipinski definition) is 7. The molecule has 0 saturated carbocycles. The number of rotatable bonds is 4. The van der Waals surface area contributed by atoms with Gasteiger partial charge < -0.3 is 15.9 Å². The SMILES string of the molecule is Nc1nnc(SC[C@@H](O)CO)s1. The average molecular weight is 207 g/mol. The van der Waals surface area contributed by atoms with Gasteiger partial charge in [0, 0.05) is 5.75 Å². The van der Waals surface area contributed by atoms with Crippen molar-refractivity contribution in [1.82, 2.24) is 10.2 Å². The van der Waals surface area contributed by atoms with Crippen molar-refractivity contribution >= 4 is 28.2 Å². The van der Waals surface area contributed by atoms with Crippen LogP contribution in [0.2, 0.25) is 0 Å². The Hall–Kier alpha value is -0.370. The highest BCUT2D eigenvalue weighted by atomic mass is 32.2. The molecule has 12 heavy (non-hydrogen) atoms. The molecule has 0 aliphatic carbocycles. The minimum atomic E-state index is -0.708. The monoisotopic (exact) mass is 207 g/mol. The lowest BCUT2D eigenvalue weighted by Crippen LogP contribution is -2.14. The number of thioether (sulfide) groups is 1. The van der Waals surface area contributed by atoms with E-state index in [1.54, 1.807) is 0 Å². The highest BCUT2D eigenvalue weighted by Gasteiger charge is 2.06. The van der Waals surface area contributed by atoms with Gasteiger partial charge in [0.15, 0.2) is 4.34 Å². The van der Waals surface area contributed by atoms with Crippen LogP contribution in [-0.2, 0) is 0 Å². The fraction of sp³-hybridized carbons (Fsp3) is 0.600. The van der Waals surface area contributed by atoms with E-state index < -0.39 is 6.10 Å². The Labute approximate surface area is 77.6 Å². The number of aliphatic hydroxyl groups is 2. The van der Waals surface area contributed by atoms with Gasteiger partial charge in [-0.1, -0.05) is 23.1 Å². The number of hydrogen-bond donors (Lipinski definition) is 3. The van der Waals surface area contributed by atoms with Gasteiger partial charge in [-0.25, -0.2) is 0 Å². The van der Waals surface area contributed by atoms with E-state index in [2.05, 4.69) is 10.2 Å². The molecule has 7 heteroatoms. The lowest BCUT2D eigenvalue weighted by molar-refractivity contribution is 0.113. The lowest BCUT2D eigenvalue weighted by Gasteiger charge is -2.02. The fourth-order valence-corrected chi connectivity index (χ4v) is 2.08. The third kappa shape index (κ3) is 2.94. The van der Waals surface area contributed by atoms with E-state index in [9.17, 15) is 0 Å². The zero-order chi connectivity index (χ0) is 8.97. The second kappa shape index (κ2) is 4.61. The standard InChI is InChI=1S/C5H9N3O2S2/c6-4-7-8-5(12-4)11-2-3(10)1-9/h3,9-10H,1-2H2,(H2,6,7)/t3-/m0/s1. The zero-order valence-corrected chi connectivity index (χ0v) is 7.81. The Balaban J connectivity index is 2.33. The van der Waals surface area contributed by atoms with Crippen molar-refractivity contribution in [1.29, 1.82) is 0 Å². The maximum absolute atomic E-state index is 8.98. The minimum absolute atomic E-state index is 0.235. The molecule has 1 rings (SSSR count). The molecular weight excluding hydrogens is 198 g/mol. The van der Waals surface area contributed by atoms with Crippen LogP contribution in [0.1, 0.15) is 0 Å². The molecule has 4 N–H and O–H groups in total.